The molecule has 2 rings (SSSR count). The second-order valence-corrected chi connectivity index (χ2v) is 7.04. The van der Waals surface area contributed by atoms with Crippen LogP contribution in [0.1, 0.15) is 0 Å². The van der Waals surface area contributed by atoms with Gasteiger partial charge in [0.25, 0.3) is 10.0 Å². The van der Waals surface area contributed by atoms with Gasteiger partial charge in [0, 0.05) is 10.2 Å². The number of halogens is 4. The Bertz CT molecular complexity index is 823. The molecule has 0 aromatic heterocycles. The minimum Gasteiger partial charge on any atom is -0.495 e. The van der Waals surface area contributed by atoms with Crippen LogP contribution in [0.2, 0.25) is 0 Å². The summed E-state index contributed by atoms with van der Waals surface area (Å²) in [6.45, 7) is 0. The Kier molecular flexibility index (Phi) is 5.29. The standard InChI is InChI=1S/C14H11BrF3NO4S/c1-22-12-7-2-9(15)8-13(12)24(20,21)19-10-3-5-11(6-4-10)23-14(16,17)18/h2-8,19H,1H3. The molecule has 0 radical (unpaired) electrons. The van der Waals surface area contributed by atoms with Gasteiger partial charge >= 0.3 is 6.36 Å². The lowest BCUT2D eigenvalue weighted by atomic mass is 10.3. The molecule has 0 unspecified atom stereocenters. The van der Waals surface area contributed by atoms with Crippen molar-refractivity contribution < 1.29 is 31.1 Å². The number of ether oxygens (including phenoxy) is 2. The third-order valence-corrected chi connectivity index (χ3v) is 4.65. The van der Waals surface area contributed by atoms with Crippen LogP contribution in [0, 0.1) is 0 Å². The van der Waals surface area contributed by atoms with Gasteiger partial charge in [-0.05, 0) is 42.5 Å². The summed E-state index contributed by atoms with van der Waals surface area (Å²) in [7, 11) is -2.67. The highest BCUT2D eigenvalue weighted by Crippen LogP contribution is 2.30. The molecule has 0 aliphatic carbocycles. The Balaban J connectivity index is 2.25. The highest BCUT2D eigenvalue weighted by atomic mass is 79.9. The van der Waals surface area contributed by atoms with Crippen LogP contribution in [0.25, 0.3) is 0 Å². The van der Waals surface area contributed by atoms with Crippen LogP contribution in [-0.2, 0) is 10.0 Å². The van der Waals surface area contributed by atoms with Crippen LogP contribution in [0.3, 0.4) is 0 Å². The number of hydrogen-bond acceptors (Lipinski definition) is 4. The molecule has 1 N–H and O–H groups in total. The fraction of sp³-hybridized carbons (Fsp3) is 0.143. The van der Waals surface area contributed by atoms with Crippen molar-refractivity contribution in [1.29, 1.82) is 0 Å². The molecule has 24 heavy (non-hydrogen) atoms. The molecule has 0 atom stereocenters. The summed E-state index contributed by atoms with van der Waals surface area (Å²) in [6.07, 6.45) is -4.81. The van der Waals surface area contributed by atoms with E-state index in [4.69, 9.17) is 4.74 Å². The molecule has 130 valence electrons. The normalized spacial score (nSPS) is 11.9. The smallest absolute Gasteiger partial charge is 0.495 e. The third-order valence-electron chi connectivity index (χ3n) is 2.76. The zero-order valence-electron chi connectivity index (χ0n) is 12.1. The monoisotopic (exact) mass is 425 g/mol. The van der Waals surface area contributed by atoms with Gasteiger partial charge in [-0.3, -0.25) is 4.72 Å². The largest absolute Gasteiger partial charge is 0.573 e. The number of hydrogen-bond donors (Lipinski definition) is 1. The molecule has 0 aliphatic rings. The van der Waals surface area contributed by atoms with Gasteiger partial charge in [-0.15, -0.1) is 13.2 Å². The van der Waals surface area contributed by atoms with Crippen molar-refractivity contribution >= 4 is 31.6 Å². The van der Waals surface area contributed by atoms with E-state index < -0.39 is 22.1 Å². The van der Waals surface area contributed by atoms with E-state index in [0.29, 0.717) is 4.47 Å². The molecule has 2 aromatic rings. The first kappa shape index (κ1) is 18.4. The highest BCUT2D eigenvalue weighted by molar-refractivity contribution is 9.10. The third kappa shape index (κ3) is 4.78. The van der Waals surface area contributed by atoms with Crippen molar-refractivity contribution in [2.75, 3.05) is 11.8 Å². The van der Waals surface area contributed by atoms with E-state index in [1.54, 1.807) is 6.07 Å². The molecule has 0 saturated carbocycles. The first-order valence-corrected chi connectivity index (χ1v) is 8.60. The second-order valence-electron chi connectivity index (χ2n) is 4.47. The fourth-order valence-electron chi connectivity index (χ4n) is 1.80. The summed E-state index contributed by atoms with van der Waals surface area (Å²) in [4.78, 5) is -0.116. The first-order valence-electron chi connectivity index (χ1n) is 6.33. The van der Waals surface area contributed by atoms with Gasteiger partial charge in [-0.1, -0.05) is 15.9 Å². The maximum atomic E-state index is 12.4. The molecule has 0 fully saturated rings. The molecular weight excluding hydrogens is 415 g/mol. The molecular formula is C14H11BrF3NO4S. The van der Waals surface area contributed by atoms with Crippen molar-refractivity contribution in [3.8, 4) is 11.5 Å². The van der Waals surface area contributed by atoms with E-state index in [1.807, 2.05) is 0 Å². The molecule has 0 spiro atoms. The lowest BCUT2D eigenvalue weighted by Crippen LogP contribution is -2.17. The van der Waals surface area contributed by atoms with Crippen LogP contribution >= 0.6 is 15.9 Å². The first-order chi connectivity index (χ1) is 11.1. The Morgan fingerprint density at radius 1 is 1.08 bits per heavy atom. The summed E-state index contributed by atoms with van der Waals surface area (Å²) in [6, 6.07) is 8.75. The van der Waals surface area contributed by atoms with E-state index in [1.165, 1.54) is 19.2 Å². The van der Waals surface area contributed by atoms with Crippen molar-refractivity contribution in [3.63, 3.8) is 0 Å². The maximum absolute atomic E-state index is 12.4. The van der Waals surface area contributed by atoms with E-state index in [0.717, 1.165) is 24.3 Å². The molecule has 0 amide bonds. The van der Waals surface area contributed by atoms with Crippen molar-refractivity contribution in [3.05, 3.63) is 46.9 Å². The van der Waals surface area contributed by atoms with Gasteiger partial charge in [0.05, 0.1) is 7.11 Å². The maximum Gasteiger partial charge on any atom is 0.573 e. The predicted octanol–water partition coefficient (Wildman–Crippen LogP) is 4.16. The van der Waals surface area contributed by atoms with Crippen molar-refractivity contribution in [2.45, 2.75) is 11.3 Å². The van der Waals surface area contributed by atoms with Crippen LogP contribution in [0.5, 0.6) is 11.5 Å². The summed E-state index contributed by atoms with van der Waals surface area (Å²) in [5, 5.41) is 0. The van der Waals surface area contributed by atoms with Crippen molar-refractivity contribution in [2.24, 2.45) is 0 Å². The quantitative estimate of drug-likeness (QED) is 0.780. The topological polar surface area (TPSA) is 64.6 Å². The molecule has 0 saturated heterocycles. The fourth-order valence-corrected chi connectivity index (χ4v) is 3.56. The molecule has 0 aliphatic heterocycles. The molecule has 5 nitrogen and oxygen atoms in total. The average molecular weight is 426 g/mol. The molecule has 0 bridgehead atoms. The number of methoxy groups -OCH3 is 1. The van der Waals surface area contributed by atoms with Gasteiger partial charge in [0.2, 0.25) is 0 Å². The average Bonchev–Trinajstić information content (AvgIpc) is 2.47. The highest BCUT2D eigenvalue weighted by Gasteiger charge is 2.31. The number of anilines is 1. The number of sulfonamides is 1. The Hall–Kier alpha value is -1.94. The Morgan fingerprint density at radius 3 is 2.25 bits per heavy atom. The second kappa shape index (κ2) is 6.89. The summed E-state index contributed by atoms with van der Waals surface area (Å²) >= 11 is 3.17. The van der Waals surface area contributed by atoms with E-state index in [-0.39, 0.29) is 16.3 Å². The lowest BCUT2D eigenvalue weighted by Gasteiger charge is -2.13. The molecule has 0 heterocycles. The van der Waals surface area contributed by atoms with Gasteiger partial charge < -0.3 is 9.47 Å². The van der Waals surface area contributed by atoms with Gasteiger partial charge in [-0.2, -0.15) is 0 Å². The summed E-state index contributed by atoms with van der Waals surface area (Å²) < 4.78 is 72.7. The number of rotatable bonds is 5. The minimum atomic E-state index is -4.81. The predicted molar refractivity (Wildman–Crippen MR) is 84.6 cm³/mol. The van der Waals surface area contributed by atoms with E-state index in [9.17, 15) is 21.6 Å². The Labute approximate surface area is 144 Å². The number of nitrogens with one attached hydrogen (secondary N) is 1. The molecule has 10 heteroatoms. The number of benzene rings is 2. The van der Waals surface area contributed by atoms with Crippen molar-refractivity contribution in [1.82, 2.24) is 0 Å². The zero-order valence-corrected chi connectivity index (χ0v) is 14.5. The van der Waals surface area contributed by atoms with Gasteiger partial charge in [0.1, 0.15) is 16.4 Å². The zero-order chi connectivity index (χ0) is 18.0. The SMILES string of the molecule is COc1ccc(Br)cc1S(=O)(=O)Nc1ccc(OC(F)(F)F)cc1. The van der Waals surface area contributed by atoms with Crippen LogP contribution in [0.4, 0.5) is 18.9 Å². The Morgan fingerprint density at radius 2 is 1.71 bits per heavy atom. The summed E-state index contributed by atoms with van der Waals surface area (Å²) in [5.41, 5.74) is 0.0755. The van der Waals surface area contributed by atoms with Gasteiger partial charge in [-0.25, -0.2) is 8.42 Å². The van der Waals surface area contributed by atoms with Crippen LogP contribution < -0.4 is 14.2 Å². The summed E-state index contributed by atoms with van der Waals surface area (Å²) in [5.74, 6) is -0.326. The molecule has 2 aromatic carbocycles. The van der Waals surface area contributed by atoms with Crippen LogP contribution in [-0.4, -0.2) is 21.9 Å². The lowest BCUT2D eigenvalue weighted by molar-refractivity contribution is -0.274. The van der Waals surface area contributed by atoms with Gasteiger partial charge in [0.15, 0.2) is 0 Å². The number of alkyl halides is 3. The van der Waals surface area contributed by atoms with E-state index in [2.05, 4.69) is 25.4 Å². The van der Waals surface area contributed by atoms with Crippen LogP contribution in [0.15, 0.2) is 51.8 Å². The van der Waals surface area contributed by atoms with E-state index >= 15 is 0 Å². The minimum absolute atomic E-state index is 0.0755.